The molecular weight excluding hydrogens is 292 g/mol. The average molecular weight is 312 g/mol. The first-order valence-electron chi connectivity index (χ1n) is 7.31. The molecule has 0 N–H and O–H groups in total. The van der Waals surface area contributed by atoms with Gasteiger partial charge in [0.15, 0.2) is 6.21 Å². The van der Waals surface area contributed by atoms with Gasteiger partial charge in [-0.15, -0.1) is 0 Å². The summed E-state index contributed by atoms with van der Waals surface area (Å²) in [6.07, 6.45) is 1.40. The monoisotopic (exact) mass is 312 g/mol. The third-order valence-electron chi connectivity index (χ3n) is 3.50. The fourth-order valence-electron chi connectivity index (χ4n) is 2.22. The molecule has 0 spiro atoms. The number of anilines is 1. The van der Waals surface area contributed by atoms with E-state index in [-0.39, 0.29) is 6.54 Å². The van der Waals surface area contributed by atoms with Gasteiger partial charge < -0.3 is 14.8 Å². The first kappa shape index (κ1) is 16.5. The van der Waals surface area contributed by atoms with Crippen LogP contribution in [-0.4, -0.2) is 43.7 Å². The van der Waals surface area contributed by atoms with Crippen LogP contribution < -0.4 is 4.90 Å². The Bertz CT molecular complexity index is 656. The second kappa shape index (κ2) is 7.98. The van der Waals surface area contributed by atoms with Crippen LogP contribution in [0.2, 0.25) is 0 Å². The lowest BCUT2D eigenvalue weighted by Gasteiger charge is -2.23. The highest BCUT2D eigenvalue weighted by atomic mass is 16.5. The lowest BCUT2D eigenvalue weighted by atomic mass is 10.2. The molecule has 0 saturated carbocycles. The van der Waals surface area contributed by atoms with Crippen molar-refractivity contribution in [3.05, 3.63) is 71.4 Å². The lowest BCUT2D eigenvalue weighted by molar-refractivity contribution is -0.481. The number of ether oxygens (including phenoxy) is 1. The average Bonchev–Trinajstić information content (AvgIpc) is 2.60. The molecule has 1 atom stereocenters. The Labute approximate surface area is 136 Å². The van der Waals surface area contributed by atoms with Gasteiger partial charge in [-0.25, -0.2) is 4.79 Å². The van der Waals surface area contributed by atoms with E-state index >= 15 is 0 Å². The van der Waals surface area contributed by atoms with Crippen molar-refractivity contribution in [2.24, 2.45) is 0 Å². The van der Waals surface area contributed by atoms with E-state index in [9.17, 15) is 10.0 Å². The number of carbonyl (C=O) groups excluding carboxylic acids is 1. The van der Waals surface area contributed by atoms with Crippen molar-refractivity contribution in [3.8, 4) is 0 Å². The van der Waals surface area contributed by atoms with E-state index in [1.54, 1.807) is 12.1 Å². The van der Waals surface area contributed by atoms with Crippen LogP contribution in [0.25, 0.3) is 0 Å². The molecule has 0 amide bonds. The highest BCUT2D eigenvalue weighted by Crippen LogP contribution is 2.12. The predicted molar refractivity (Wildman–Crippen MR) is 90.8 cm³/mol. The summed E-state index contributed by atoms with van der Waals surface area (Å²) in [7, 11) is 3.12. The molecule has 0 aliphatic rings. The number of para-hydroxylation sites is 1. The normalized spacial score (nSPS) is 12.5. The van der Waals surface area contributed by atoms with Gasteiger partial charge in [0.25, 0.3) is 6.04 Å². The van der Waals surface area contributed by atoms with Crippen LogP contribution in [0.4, 0.5) is 5.69 Å². The molecule has 0 aromatic heterocycles. The minimum absolute atomic E-state index is 0.226. The maximum atomic E-state index is 12.4. The van der Waals surface area contributed by atoms with Crippen molar-refractivity contribution in [1.82, 2.24) is 0 Å². The SMILES string of the molecule is COC(=O)C(CN(C)c1ccccc1)/[N+]([O-])=C\c1ccccc1. The van der Waals surface area contributed by atoms with Gasteiger partial charge in [-0.3, -0.25) is 0 Å². The molecule has 0 saturated heterocycles. The molecule has 0 heterocycles. The van der Waals surface area contributed by atoms with Crippen molar-refractivity contribution in [2.45, 2.75) is 6.04 Å². The van der Waals surface area contributed by atoms with Gasteiger partial charge in [0.2, 0.25) is 0 Å². The highest BCUT2D eigenvalue weighted by Gasteiger charge is 2.28. The van der Waals surface area contributed by atoms with E-state index in [0.717, 1.165) is 11.3 Å². The number of hydroxylamine groups is 1. The van der Waals surface area contributed by atoms with Gasteiger partial charge >= 0.3 is 5.97 Å². The second-order valence-electron chi connectivity index (χ2n) is 5.15. The maximum absolute atomic E-state index is 12.4. The molecule has 1 unspecified atom stereocenters. The largest absolute Gasteiger partial charge is 0.623 e. The van der Waals surface area contributed by atoms with Crippen LogP contribution in [-0.2, 0) is 9.53 Å². The summed E-state index contributed by atoms with van der Waals surface area (Å²) in [5, 5.41) is 12.4. The smallest absolute Gasteiger partial charge is 0.378 e. The van der Waals surface area contributed by atoms with E-state index in [0.29, 0.717) is 4.74 Å². The van der Waals surface area contributed by atoms with Crippen LogP contribution in [0.1, 0.15) is 5.56 Å². The zero-order chi connectivity index (χ0) is 16.7. The van der Waals surface area contributed by atoms with Crippen LogP contribution >= 0.6 is 0 Å². The first-order chi connectivity index (χ1) is 11.1. The maximum Gasteiger partial charge on any atom is 0.378 e. The Kier molecular flexibility index (Phi) is 5.74. The number of hydrogen-bond acceptors (Lipinski definition) is 4. The Hall–Kier alpha value is -2.82. The molecule has 0 aliphatic carbocycles. The number of hydrogen-bond donors (Lipinski definition) is 0. The number of esters is 1. The molecule has 23 heavy (non-hydrogen) atoms. The third kappa shape index (κ3) is 4.57. The summed E-state index contributed by atoms with van der Waals surface area (Å²) < 4.78 is 5.43. The third-order valence-corrected chi connectivity index (χ3v) is 3.50. The van der Waals surface area contributed by atoms with Gasteiger partial charge in [-0.1, -0.05) is 36.4 Å². The van der Waals surface area contributed by atoms with Crippen LogP contribution in [0, 0.1) is 5.21 Å². The highest BCUT2D eigenvalue weighted by molar-refractivity contribution is 5.79. The summed E-state index contributed by atoms with van der Waals surface area (Å²) >= 11 is 0. The summed E-state index contributed by atoms with van der Waals surface area (Å²) in [4.78, 5) is 13.9. The van der Waals surface area contributed by atoms with Crippen LogP contribution in [0.15, 0.2) is 60.7 Å². The molecule has 0 aliphatic heterocycles. The van der Waals surface area contributed by atoms with E-state index in [2.05, 4.69) is 0 Å². The van der Waals surface area contributed by atoms with E-state index in [1.165, 1.54) is 13.3 Å². The Morgan fingerprint density at radius 1 is 1.17 bits per heavy atom. The van der Waals surface area contributed by atoms with Crippen LogP contribution in [0.3, 0.4) is 0 Å². The van der Waals surface area contributed by atoms with Gasteiger partial charge in [0.1, 0.15) is 0 Å². The Balaban J connectivity index is 2.20. The van der Waals surface area contributed by atoms with Crippen molar-refractivity contribution in [1.29, 1.82) is 0 Å². The number of rotatable bonds is 6. The standard InChI is InChI=1S/C18H20N2O3/c1-19(16-11-7-4-8-12-16)14-17(18(21)23-2)20(22)13-15-9-5-3-6-10-15/h3-13,17H,14H2,1-2H3/b20-13+. The van der Waals surface area contributed by atoms with Crippen LogP contribution in [0.5, 0.6) is 0 Å². The van der Waals surface area contributed by atoms with Crippen molar-refractivity contribution in [3.63, 3.8) is 0 Å². The molecule has 5 nitrogen and oxygen atoms in total. The molecule has 2 rings (SSSR count). The van der Waals surface area contributed by atoms with Crippen molar-refractivity contribution >= 4 is 17.9 Å². The minimum atomic E-state index is -0.939. The zero-order valence-corrected chi connectivity index (χ0v) is 13.3. The summed E-state index contributed by atoms with van der Waals surface area (Å²) in [5.41, 5.74) is 1.66. The zero-order valence-electron chi connectivity index (χ0n) is 13.3. The lowest BCUT2D eigenvalue weighted by Crippen LogP contribution is -2.42. The number of nitrogens with zero attached hydrogens (tertiary/aromatic N) is 2. The molecule has 0 radical (unpaired) electrons. The number of carbonyl (C=O) groups is 1. The molecule has 0 bridgehead atoms. The van der Waals surface area contributed by atoms with Crippen molar-refractivity contribution in [2.75, 3.05) is 25.6 Å². The molecule has 5 heteroatoms. The number of methoxy groups -OCH3 is 1. The van der Waals surface area contributed by atoms with Gasteiger partial charge in [0, 0.05) is 18.3 Å². The number of likely N-dealkylation sites (N-methyl/N-ethyl adjacent to an activating group) is 1. The molecular formula is C18H20N2O3. The van der Waals surface area contributed by atoms with E-state index in [4.69, 9.17) is 4.74 Å². The summed E-state index contributed by atoms with van der Waals surface area (Å²) in [6, 6.07) is 17.8. The molecule has 120 valence electrons. The molecule has 2 aromatic carbocycles. The molecule has 0 fully saturated rings. The van der Waals surface area contributed by atoms with Gasteiger partial charge in [-0.2, -0.15) is 4.74 Å². The second-order valence-corrected chi connectivity index (χ2v) is 5.15. The quantitative estimate of drug-likeness (QED) is 0.270. The minimum Gasteiger partial charge on any atom is -0.623 e. The summed E-state index contributed by atoms with van der Waals surface area (Å²) in [6.45, 7) is 0.226. The predicted octanol–water partition coefficient (Wildman–Crippen LogP) is 2.29. The van der Waals surface area contributed by atoms with Crippen molar-refractivity contribution < 1.29 is 14.3 Å². The topological polar surface area (TPSA) is 55.6 Å². The van der Waals surface area contributed by atoms with E-state index < -0.39 is 12.0 Å². The molecule has 2 aromatic rings. The Morgan fingerprint density at radius 3 is 2.30 bits per heavy atom. The first-order valence-corrected chi connectivity index (χ1v) is 7.31. The van der Waals surface area contributed by atoms with Gasteiger partial charge in [-0.05, 0) is 24.3 Å². The van der Waals surface area contributed by atoms with Gasteiger partial charge in [0.05, 0.1) is 13.7 Å². The Morgan fingerprint density at radius 2 is 1.74 bits per heavy atom. The number of benzene rings is 2. The van der Waals surface area contributed by atoms with E-state index in [1.807, 2.05) is 60.5 Å². The summed E-state index contributed by atoms with van der Waals surface area (Å²) in [5.74, 6) is -0.560. The fourth-order valence-corrected chi connectivity index (χ4v) is 2.22. The fraction of sp³-hybridized carbons (Fsp3) is 0.222.